The molecule has 4 rings (SSSR count). The number of ether oxygens (including phenoxy) is 1. The predicted octanol–water partition coefficient (Wildman–Crippen LogP) is 3.64. The smallest absolute Gasteiger partial charge is 0.241 e. The highest BCUT2D eigenvalue weighted by Crippen LogP contribution is 2.39. The monoisotopic (exact) mass is 336 g/mol. The Kier molecular flexibility index (Phi) is 4.70. The first-order chi connectivity index (χ1) is 12.3. The van der Waals surface area contributed by atoms with Crippen LogP contribution in [0.5, 0.6) is 5.75 Å². The summed E-state index contributed by atoms with van der Waals surface area (Å²) in [5.41, 5.74) is 1.99. The number of carbonyl (C=O) groups excluding carboxylic acids is 1. The zero-order valence-corrected chi connectivity index (χ0v) is 14.4. The van der Waals surface area contributed by atoms with Gasteiger partial charge in [-0.05, 0) is 43.6 Å². The number of likely N-dealkylation sites (tertiary alicyclic amines) is 1. The zero-order valence-electron chi connectivity index (χ0n) is 14.4. The van der Waals surface area contributed by atoms with E-state index in [1.165, 1.54) is 19.3 Å². The quantitative estimate of drug-likeness (QED) is 0.858. The molecule has 0 aliphatic carbocycles. The number of piperidine rings is 1. The maximum atomic E-state index is 13.2. The van der Waals surface area contributed by atoms with Gasteiger partial charge in [-0.25, -0.2) is 0 Å². The second kappa shape index (κ2) is 7.28. The second-order valence-corrected chi connectivity index (χ2v) is 6.81. The number of amides is 1. The lowest BCUT2D eigenvalue weighted by Crippen LogP contribution is -2.47. The molecule has 0 radical (unpaired) electrons. The van der Waals surface area contributed by atoms with Crippen molar-refractivity contribution >= 4 is 11.6 Å². The molecular weight excluding hydrogens is 312 g/mol. The summed E-state index contributed by atoms with van der Waals surface area (Å²) in [6.45, 7) is 3.02. The third-order valence-electron chi connectivity index (χ3n) is 5.09. The number of nitrogens with zero attached hydrogens (tertiary/aromatic N) is 2. The van der Waals surface area contributed by atoms with Gasteiger partial charge in [0.15, 0.2) is 0 Å². The van der Waals surface area contributed by atoms with E-state index in [9.17, 15) is 4.79 Å². The van der Waals surface area contributed by atoms with Crippen molar-refractivity contribution in [3.63, 3.8) is 0 Å². The first kappa shape index (κ1) is 16.2. The number of hydrogen-bond acceptors (Lipinski definition) is 3. The molecular formula is C21H24N2O2. The molecule has 1 amide bonds. The molecule has 130 valence electrons. The van der Waals surface area contributed by atoms with Crippen molar-refractivity contribution in [1.82, 2.24) is 4.90 Å². The summed E-state index contributed by atoms with van der Waals surface area (Å²) in [5.74, 6) is 0.952. The number of carbonyl (C=O) groups is 1. The van der Waals surface area contributed by atoms with Crippen molar-refractivity contribution in [1.29, 1.82) is 0 Å². The van der Waals surface area contributed by atoms with Gasteiger partial charge in [-0.2, -0.15) is 0 Å². The minimum absolute atomic E-state index is 0.0756. The Morgan fingerprint density at radius 3 is 2.48 bits per heavy atom. The Balaban J connectivity index is 1.64. The molecule has 25 heavy (non-hydrogen) atoms. The highest BCUT2D eigenvalue weighted by atomic mass is 16.5. The van der Waals surface area contributed by atoms with Crippen LogP contribution in [0.3, 0.4) is 0 Å². The van der Waals surface area contributed by atoms with Gasteiger partial charge in [-0.15, -0.1) is 0 Å². The van der Waals surface area contributed by atoms with Crippen molar-refractivity contribution < 1.29 is 9.53 Å². The Morgan fingerprint density at radius 2 is 1.68 bits per heavy atom. The number of hydrogen-bond donors (Lipinski definition) is 0. The third kappa shape index (κ3) is 3.40. The molecule has 2 aromatic rings. The summed E-state index contributed by atoms with van der Waals surface area (Å²) in [4.78, 5) is 17.5. The predicted molar refractivity (Wildman–Crippen MR) is 98.9 cm³/mol. The Bertz CT molecular complexity index is 726. The largest absolute Gasteiger partial charge is 0.489 e. The first-order valence-electron chi connectivity index (χ1n) is 9.14. The van der Waals surface area contributed by atoms with Crippen LogP contribution in [0.15, 0.2) is 54.6 Å². The molecule has 2 aliphatic heterocycles. The number of rotatable bonds is 3. The summed E-state index contributed by atoms with van der Waals surface area (Å²) in [5, 5.41) is 0. The average molecular weight is 336 g/mol. The average Bonchev–Trinajstić information content (AvgIpc) is 2.68. The van der Waals surface area contributed by atoms with Crippen LogP contribution in [0, 0.1) is 0 Å². The van der Waals surface area contributed by atoms with E-state index in [0.29, 0.717) is 13.2 Å². The third-order valence-corrected chi connectivity index (χ3v) is 5.09. The van der Waals surface area contributed by atoms with E-state index in [2.05, 4.69) is 17.0 Å². The van der Waals surface area contributed by atoms with E-state index >= 15 is 0 Å². The molecule has 4 heteroatoms. The first-order valence-corrected chi connectivity index (χ1v) is 9.14. The summed E-state index contributed by atoms with van der Waals surface area (Å²) in [6.07, 6.45) is 3.65. The number of anilines is 1. The van der Waals surface area contributed by atoms with Gasteiger partial charge in [-0.1, -0.05) is 48.9 Å². The molecule has 2 aromatic carbocycles. The van der Waals surface area contributed by atoms with Gasteiger partial charge in [0.25, 0.3) is 0 Å². The van der Waals surface area contributed by atoms with E-state index in [4.69, 9.17) is 4.74 Å². The van der Waals surface area contributed by atoms with Crippen LogP contribution < -0.4 is 9.64 Å². The van der Waals surface area contributed by atoms with Gasteiger partial charge in [0.1, 0.15) is 12.4 Å². The fourth-order valence-electron chi connectivity index (χ4n) is 3.80. The van der Waals surface area contributed by atoms with Gasteiger partial charge in [0, 0.05) is 0 Å². The Hall–Kier alpha value is -2.33. The van der Waals surface area contributed by atoms with Gasteiger partial charge < -0.3 is 4.74 Å². The highest BCUT2D eigenvalue weighted by molar-refractivity contribution is 5.97. The highest BCUT2D eigenvalue weighted by Gasteiger charge is 2.33. The van der Waals surface area contributed by atoms with Gasteiger partial charge in [0.05, 0.1) is 18.3 Å². The lowest BCUT2D eigenvalue weighted by Gasteiger charge is -2.38. The fourth-order valence-corrected chi connectivity index (χ4v) is 3.80. The van der Waals surface area contributed by atoms with E-state index in [0.717, 1.165) is 30.1 Å². The summed E-state index contributed by atoms with van der Waals surface area (Å²) < 4.78 is 5.95. The maximum absolute atomic E-state index is 13.2. The lowest BCUT2D eigenvalue weighted by molar-refractivity contribution is -0.120. The summed E-state index contributed by atoms with van der Waals surface area (Å²) >= 11 is 0. The molecule has 2 heterocycles. The van der Waals surface area contributed by atoms with Crippen molar-refractivity contribution in [3.8, 4) is 5.75 Å². The molecule has 1 atom stereocenters. The van der Waals surface area contributed by atoms with Gasteiger partial charge in [0.2, 0.25) is 5.91 Å². The van der Waals surface area contributed by atoms with Crippen molar-refractivity contribution in [2.24, 2.45) is 0 Å². The van der Waals surface area contributed by atoms with Crippen molar-refractivity contribution in [2.45, 2.75) is 25.3 Å². The van der Waals surface area contributed by atoms with E-state index in [1.807, 2.05) is 47.4 Å². The van der Waals surface area contributed by atoms with Gasteiger partial charge >= 0.3 is 0 Å². The maximum Gasteiger partial charge on any atom is 0.241 e. The number of benzene rings is 2. The van der Waals surface area contributed by atoms with Crippen molar-refractivity contribution in [2.75, 3.05) is 31.1 Å². The van der Waals surface area contributed by atoms with Crippen LogP contribution in [0.4, 0.5) is 5.69 Å². The molecule has 0 saturated carbocycles. The van der Waals surface area contributed by atoms with Crippen LogP contribution in [-0.2, 0) is 4.79 Å². The summed E-state index contributed by atoms with van der Waals surface area (Å²) in [6, 6.07) is 18.0. The van der Waals surface area contributed by atoms with Crippen LogP contribution >= 0.6 is 0 Å². The normalized spacial score (nSPS) is 20.6. The fraction of sp³-hybridized carbons (Fsp3) is 0.381. The lowest BCUT2D eigenvalue weighted by atomic mass is 10.0. The Labute approximate surface area is 149 Å². The van der Waals surface area contributed by atoms with Crippen molar-refractivity contribution in [3.05, 3.63) is 60.2 Å². The molecule has 0 bridgehead atoms. The molecule has 0 N–H and O–H groups in total. The molecule has 1 fully saturated rings. The SMILES string of the molecule is O=C(CN1CCCCC1)N1c2ccccc2OCC1c1ccccc1. The minimum Gasteiger partial charge on any atom is -0.489 e. The molecule has 0 aromatic heterocycles. The summed E-state index contributed by atoms with van der Waals surface area (Å²) in [7, 11) is 0. The molecule has 1 saturated heterocycles. The minimum atomic E-state index is -0.0756. The molecule has 4 nitrogen and oxygen atoms in total. The van der Waals surface area contributed by atoms with E-state index < -0.39 is 0 Å². The van der Waals surface area contributed by atoms with Crippen LogP contribution in [0.25, 0.3) is 0 Å². The van der Waals surface area contributed by atoms with E-state index in [-0.39, 0.29) is 11.9 Å². The standard InChI is InChI=1S/C21H24N2O2/c24-21(15-22-13-7-2-8-14-22)23-18-11-5-6-12-20(18)25-16-19(23)17-9-3-1-4-10-17/h1,3-6,9-12,19H,2,7-8,13-16H2. The topological polar surface area (TPSA) is 32.8 Å². The Morgan fingerprint density at radius 1 is 0.960 bits per heavy atom. The zero-order chi connectivity index (χ0) is 17.1. The molecule has 1 unspecified atom stereocenters. The van der Waals surface area contributed by atoms with Crippen LogP contribution in [0.1, 0.15) is 30.9 Å². The molecule has 0 spiro atoms. The second-order valence-electron chi connectivity index (χ2n) is 6.81. The van der Waals surface area contributed by atoms with Crippen LogP contribution in [-0.4, -0.2) is 37.0 Å². The van der Waals surface area contributed by atoms with E-state index in [1.54, 1.807) is 0 Å². The number of fused-ring (bicyclic) bond motifs is 1. The molecule has 2 aliphatic rings. The number of para-hydroxylation sites is 2. The van der Waals surface area contributed by atoms with Gasteiger partial charge in [-0.3, -0.25) is 14.6 Å². The van der Waals surface area contributed by atoms with Crippen LogP contribution in [0.2, 0.25) is 0 Å².